The van der Waals surface area contributed by atoms with Crippen molar-refractivity contribution in [2.75, 3.05) is 13.2 Å². The standard InChI is InChI=1S/C27H41NO11/c1-9-19(8)28-27(23(29)30,39-26(33)36-18(6)7)13-20-10-11-21(37-24(31)34-14-16(2)3)22(12-20)38-25(32)35-15-17(4)5/h10-12,16-19,28H,9,13-15H2,1-8H3,(H,29,30)/t19?,27-/m0/s1. The second-order valence-corrected chi connectivity index (χ2v) is 10.2. The highest BCUT2D eigenvalue weighted by Crippen LogP contribution is 2.31. The molecule has 0 bridgehead atoms. The Morgan fingerprint density at radius 2 is 1.38 bits per heavy atom. The molecular formula is C27H41NO11. The highest BCUT2D eigenvalue weighted by molar-refractivity contribution is 5.80. The minimum atomic E-state index is -2.23. The molecule has 0 aliphatic rings. The molecular weight excluding hydrogens is 514 g/mol. The summed E-state index contributed by atoms with van der Waals surface area (Å²) < 4.78 is 30.9. The molecule has 0 spiro atoms. The van der Waals surface area contributed by atoms with E-state index in [-0.39, 0.29) is 48.2 Å². The number of hydrogen-bond donors (Lipinski definition) is 2. The number of carbonyl (C=O) groups excluding carboxylic acids is 3. The van der Waals surface area contributed by atoms with Crippen molar-refractivity contribution in [2.45, 2.75) is 86.1 Å². The van der Waals surface area contributed by atoms with E-state index >= 15 is 0 Å². The Balaban J connectivity index is 3.41. The number of carboxylic acids is 1. The summed E-state index contributed by atoms with van der Waals surface area (Å²) >= 11 is 0. The molecule has 0 aromatic heterocycles. The van der Waals surface area contributed by atoms with Gasteiger partial charge in [0.15, 0.2) is 11.5 Å². The van der Waals surface area contributed by atoms with Crippen LogP contribution in [0.25, 0.3) is 0 Å². The lowest BCUT2D eigenvalue weighted by atomic mass is 10.00. The maximum atomic E-state index is 12.5. The van der Waals surface area contributed by atoms with Gasteiger partial charge in [-0.25, -0.2) is 19.2 Å². The van der Waals surface area contributed by atoms with Crippen molar-refractivity contribution in [3.8, 4) is 11.5 Å². The van der Waals surface area contributed by atoms with E-state index in [1.54, 1.807) is 20.8 Å². The van der Waals surface area contributed by atoms with Crippen LogP contribution in [0.3, 0.4) is 0 Å². The van der Waals surface area contributed by atoms with Gasteiger partial charge in [0.05, 0.1) is 19.3 Å². The third kappa shape index (κ3) is 12.2. The molecule has 0 saturated heterocycles. The van der Waals surface area contributed by atoms with E-state index in [0.29, 0.717) is 6.42 Å². The van der Waals surface area contributed by atoms with Gasteiger partial charge in [-0.3, -0.25) is 5.32 Å². The van der Waals surface area contributed by atoms with Gasteiger partial charge in [-0.1, -0.05) is 40.7 Å². The molecule has 1 aromatic carbocycles. The first kappa shape index (κ1) is 33.5. The summed E-state index contributed by atoms with van der Waals surface area (Å²) in [6.07, 6.45) is -3.66. The first-order chi connectivity index (χ1) is 18.2. The summed E-state index contributed by atoms with van der Waals surface area (Å²) in [6, 6.07) is 3.66. The molecule has 0 aliphatic heterocycles. The van der Waals surface area contributed by atoms with Crippen molar-refractivity contribution in [1.29, 1.82) is 0 Å². The van der Waals surface area contributed by atoms with E-state index in [2.05, 4.69) is 5.32 Å². The number of nitrogens with one attached hydrogen (secondary N) is 1. The topological polar surface area (TPSA) is 156 Å². The summed E-state index contributed by atoms with van der Waals surface area (Å²) in [5.41, 5.74) is -1.96. The van der Waals surface area contributed by atoms with E-state index in [1.807, 2.05) is 34.6 Å². The van der Waals surface area contributed by atoms with Crippen molar-refractivity contribution in [3.63, 3.8) is 0 Å². The smallest absolute Gasteiger partial charge is 0.477 e. The van der Waals surface area contributed by atoms with Crippen LogP contribution >= 0.6 is 0 Å². The van der Waals surface area contributed by atoms with Crippen LogP contribution in [0.5, 0.6) is 11.5 Å². The molecule has 1 rings (SSSR count). The van der Waals surface area contributed by atoms with Crippen molar-refractivity contribution in [3.05, 3.63) is 23.8 Å². The van der Waals surface area contributed by atoms with Crippen molar-refractivity contribution >= 4 is 24.4 Å². The Kier molecular flexibility index (Phi) is 13.5. The lowest BCUT2D eigenvalue weighted by Crippen LogP contribution is -2.59. The fourth-order valence-electron chi connectivity index (χ4n) is 2.98. The van der Waals surface area contributed by atoms with Crippen LogP contribution in [0, 0.1) is 11.8 Å². The molecule has 0 heterocycles. The maximum absolute atomic E-state index is 12.5. The molecule has 0 radical (unpaired) electrons. The van der Waals surface area contributed by atoms with Gasteiger partial charge in [-0.2, -0.15) is 0 Å². The summed E-state index contributed by atoms with van der Waals surface area (Å²) in [4.78, 5) is 49.3. The number of carbonyl (C=O) groups is 4. The number of aliphatic carboxylic acids is 1. The fraction of sp³-hybridized carbons (Fsp3) is 0.630. The number of ether oxygens (including phenoxy) is 6. The van der Waals surface area contributed by atoms with E-state index < -0.39 is 42.7 Å². The molecule has 0 aliphatic carbocycles. The predicted octanol–water partition coefficient (Wildman–Crippen LogP) is 5.30. The molecule has 2 N–H and O–H groups in total. The van der Waals surface area contributed by atoms with Crippen LogP contribution < -0.4 is 14.8 Å². The average Bonchev–Trinajstić information content (AvgIpc) is 2.82. The zero-order chi connectivity index (χ0) is 29.8. The molecule has 0 fully saturated rings. The lowest BCUT2D eigenvalue weighted by Gasteiger charge is -2.32. The average molecular weight is 556 g/mol. The van der Waals surface area contributed by atoms with Gasteiger partial charge in [0.2, 0.25) is 0 Å². The number of benzene rings is 1. The van der Waals surface area contributed by atoms with Gasteiger partial charge in [0.1, 0.15) is 0 Å². The molecule has 12 nitrogen and oxygen atoms in total. The maximum Gasteiger partial charge on any atom is 0.513 e. The van der Waals surface area contributed by atoms with Gasteiger partial charge in [-0.15, -0.1) is 0 Å². The Hall–Kier alpha value is -3.54. The van der Waals surface area contributed by atoms with E-state index in [1.165, 1.54) is 18.2 Å². The number of hydrogen-bond acceptors (Lipinski definition) is 11. The fourth-order valence-corrected chi connectivity index (χ4v) is 2.98. The van der Waals surface area contributed by atoms with Crippen LogP contribution in [0.2, 0.25) is 0 Å². The second kappa shape index (κ2) is 15.8. The summed E-state index contributed by atoms with van der Waals surface area (Å²) in [7, 11) is 0. The molecule has 12 heteroatoms. The van der Waals surface area contributed by atoms with Gasteiger partial charge in [0, 0.05) is 12.5 Å². The van der Waals surface area contributed by atoms with Gasteiger partial charge >= 0.3 is 24.4 Å². The van der Waals surface area contributed by atoms with Crippen LogP contribution in [0.1, 0.15) is 67.4 Å². The van der Waals surface area contributed by atoms with Crippen LogP contribution in [0.4, 0.5) is 14.4 Å². The minimum Gasteiger partial charge on any atom is -0.477 e. The molecule has 220 valence electrons. The molecule has 2 atom stereocenters. The third-order valence-electron chi connectivity index (χ3n) is 4.94. The minimum absolute atomic E-state index is 0.0381. The molecule has 39 heavy (non-hydrogen) atoms. The van der Waals surface area contributed by atoms with E-state index in [4.69, 9.17) is 28.4 Å². The van der Waals surface area contributed by atoms with Crippen molar-refractivity contribution in [1.82, 2.24) is 5.32 Å². The van der Waals surface area contributed by atoms with Crippen molar-refractivity contribution in [2.24, 2.45) is 11.8 Å². The van der Waals surface area contributed by atoms with E-state index in [0.717, 1.165) is 0 Å². The first-order valence-electron chi connectivity index (χ1n) is 12.9. The third-order valence-corrected chi connectivity index (χ3v) is 4.94. The number of rotatable bonds is 14. The number of carboxylic acid groups (broad SMARTS) is 1. The van der Waals surface area contributed by atoms with Crippen LogP contribution in [-0.4, -0.2) is 60.6 Å². The summed E-state index contributed by atoms with van der Waals surface area (Å²) in [5, 5.41) is 13.0. The Morgan fingerprint density at radius 3 is 1.85 bits per heavy atom. The van der Waals surface area contributed by atoms with Gasteiger partial charge < -0.3 is 33.5 Å². The monoisotopic (exact) mass is 555 g/mol. The lowest BCUT2D eigenvalue weighted by molar-refractivity contribution is -0.167. The zero-order valence-corrected chi connectivity index (χ0v) is 23.9. The van der Waals surface area contributed by atoms with Crippen molar-refractivity contribution < 1.29 is 52.7 Å². The summed E-state index contributed by atoms with van der Waals surface area (Å²) in [5.74, 6) is -1.76. The molecule has 1 aromatic rings. The van der Waals surface area contributed by atoms with E-state index in [9.17, 15) is 24.3 Å². The first-order valence-corrected chi connectivity index (χ1v) is 12.9. The van der Waals surface area contributed by atoms with Gasteiger partial charge in [-0.05, 0) is 56.7 Å². The zero-order valence-electron chi connectivity index (χ0n) is 23.9. The second-order valence-electron chi connectivity index (χ2n) is 10.2. The predicted molar refractivity (Wildman–Crippen MR) is 140 cm³/mol. The normalized spacial score (nSPS) is 13.4. The van der Waals surface area contributed by atoms with Crippen LogP contribution in [-0.2, 0) is 30.2 Å². The molecule has 1 unspecified atom stereocenters. The Bertz CT molecular complexity index is 976. The highest BCUT2D eigenvalue weighted by atomic mass is 16.8. The molecule has 0 saturated carbocycles. The Labute approximate surface area is 229 Å². The van der Waals surface area contributed by atoms with Crippen LogP contribution in [0.15, 0.2) is 18.2 Å². The molecule has 0 amide bonds. The SMILES string of the molecule is CCC(C)N[C@@](Cc1ccc(OC(=O)OCC(C)C)c(OC(=O)OCC(C)C)c1)(OC(=O)OC(C)C)C(=O)O. The largest absolute Gasteiger partial charge is 0.513 e. The Morgan fingerprint density at radius 1 is 0.846 bits per heavy atom. The highest BCUT2D eigenvalue weighted by Gasteiger charge is 2.45. The quantitative estimate of drug-likeness (QED) is 0.132. The summed E-state index contributed by atoms with van der Waals surface area (Å²) in [6.45, 7) is 14.3. The van der Waals surface area contributed by atoms with Gasteiger partial charge in [0.25, 0.3) is 5.72 Å².